The summed E-state index contributed by atoms with van der Waals surface area (Å²) in [4.78, 5) is 35.0. The molecule has 15 heavy (non-hydrogen) atoms. The lowest BCUT2D eigenvalue weighted by Gasteiger charge is -2.03. The quantitative estimate of drug-likeness (QED) is 0.320. The maximum atomic E-state index is 11.1. The molecule has 0 spiro atoms. The van der Waals surface area contributed by atoms with Crippen LogP contribution in [-0.2, 0) is 11.3 Å². The Hall–Kier alpha value is -1.60. The van der Waals surface area contributed by atoms with E-state index in [1.54, 1.807) is 0 Å². The molecule has 0 saturated carbocycles. The number of carbonyl (C=O) groups is 1. The van der Waals surface area contributed by atoms with E-state index in [0.29, 0.717) is 5.56 Å². The predicted molar refractivity (Wildman–Crippen MR) is 55.6 cm³/mol. The molecule has 84 valence electrons. The summed E-state index contributed by atoms with van der Waals surface area (Å²) >= 11 is 0. The second-order valence-corrected chi connectivity index (χ2v) is 2.77. The van der Waals surface area contributed by atoms with Crippen LogP contribution in [0.2, 0.25) is 0 Å². The number of rotatable bonds is 2. The molecule has 1 heterocycles. The largest absolute Gasteiger partial charge is 0.328 e. The van der Waals surface area contributed by atoms with Crippen LogP contribution in [0.5, 0.6) is 0 Å². The van der Waals surface area contributed by atoms with Gasteiger partial charge in [-0.1, -0.05) is 0 Å². The van der Waals surface area contributed by atoms with Crippen molar-refractivity contribution < 1.29 is 4.79 Å². The lowest BCUT2D eigenvalue weighted by Crippen LogP contribution is -2.38. The lowest BCUT2D eigenvalue weighted by atomic mass is 10.4. The van der Waals surface area contributed by atoms with Crippen molar-refractivity contribution in [1.29, 1.82) is 0 Å². The number of nitrogens with one attached hydrogen (secondary N) is 2. The highest BCUT2D eigenvalue weighted by molar-refractivity contribution is 5.85. The first kappa shape index (κ1) is 13.4. The number of aryl methyl sites for hydroxylation is 1. The topological polar surface area (TPSA) is 110 Å². The van der Waals surface area contributed by atoms with E-state index in [4.69, 9.17) is 5.84 Å². The first-order valence-corrected chi connectivity index (χ1v) is 3.84. The molecule has 0 aliphatic carbocycles. The van der Waals surface area contributed by atoms with Crippen LogP contribution in [0.15, 0.2) is 15.8 Å². The van der Waals surface area contributed by atoms with Gasteiger partial charge >= 0.3 is 5.69 Å². The fourth-order valence-electron chi connectivity index (χ4n) is 0.936. The van der Waals surface area contributed by atoms with Gasteiger partial charge in [-0.15, -0.1) is 12.4 Å². The van der Waals surface area contributed by atoms with Gasteiger partial charge in [-0.2, -0.15) is 0 Å². The molecule has 0 fully saturated rings. The van der Waals surface area contributed by atoms with Crippen molar-refractivity contribution in [2.75, 3.05) is 0 Å². The maximum absolute atomic E-state index is 11.1. The van der Waals surface area contributed by atoms with E-state index in [2.05, 4.69) is 4.98 Å². The molecule has 8 heteroatoms. The van der Waals surface area contributed by atoms with Gasteiger partial charge in [-0.3, -0.25) is 24.6 Å². The van der Waals surface area contributed by atoms with Crippen LogP contribution in [0.3, 0.4) is 0 Å². The molecule has 7 nitrogen and oxygen atoms in total. The van der Waals surface area contributed by atoms with Crippen molar-refractivity contribution in [3.05, 3.63) is 32.6 Å². The van der Waals surface area contributed by atoms with Gasteiger partial charge in [0.25, 0.3) is 11.5 Å². The van der Waals surface area contributed by atoms with Gasteiger partial charge in [0, 0.05) is 11.8 Å². The highest BCUT2D eigenvalue weighted by atomic mass is 35.5. The molecule has 1 rings (SSSR count). The summed E-state index contributed by atoms with van der Waals surface area (Å²) in [6.07, 6.45) is 1.30. The maximum Gasteiger partial charge on any atom is 0.328 e. The molecule has 1 amide bonds. The zero-order chi connectivity index (χ0) is 10.7. The number of nitrogens with two attached hydrogens (primary N) is 1. The molecule has 4 N–H and O–H groups in total. The molecule has 0 aliphatic heterocycles. The third-order valence-electron chi connectivity index (χ3n) is 1.66. The number of carbonyl (C=O) groups excluding carboxylic acids is 1. The number of nitrogens with zero attached hydrogens (tertiary/aromatic N) is 1. The number of aromatic amines is 1. The van der Waals surface area contributed by atoms with Crippen molar-refractivity contribution in [2.45, 2.75) is 13.5 Å². The third-order valence-corrected chi connectivity index (χ3v) is 1.66. The minimum atomic E-state index is -0.635. The SMILES string of the molecule is Cc1cn(CC(=O)NN)c(=O)[nH]c1=O.Cl. The molecule has 0 aliphatic rings. The normalized spacial score (nSPS) is 9.20. The van der Waals surface area contributed by atoms with Gasteiger partial charge in [0.05, 0.1) is 0 Å². The number of hydrazine groups is 1. The fraction of sp³-hybridized carbons (Fsp3) is 0.286. The van der Waals surface area contributed by atoms with E-state index in [-0.39, 0.29) is 19.0 Å². The van der Waals surface area contributed by atoms with Crippen LogP contribution < -0.4 is 22.5 Å². The monoisotopic (exact) mass is 234 g/mol. The molecule has 0 radical (unpaired) electrons. The molecule has 0 unspecified atom stereocenters. The third kappa shape index (κ3) is 3.22. The smallest absolute Gasteiger partial charge is 0.293 e. The van der Waals surface area contributed by atoms with E-state index >= 15 is 0 Å². The number of aromatic nitrogens is 2. The second-order valence-electron chi connectivity index (χ2n) is 2.77. The minimum absolute atomic E-state index is 0. The average molecular weight is 235 g/mol. The minimum Gasteiger partial charge on any atom is -0.293 e. The Morgan fingerprint density at radius 1 is 1.60 bits per heavy atom. The van der Waals surface area contributed by atoms with Crippen LogP contribution in [0, 0.1) is 6.92 Å². The Morgan fingerprint density at radius 3 is 2.73 bits per heavy atom. The number of H-pyrrole nitrogens is 1. The van der Waals surface area contributed by atoms with Crippen LogP contribution in [0.4, 0.5) is 0 Å². The first-order chi connectivity index (χ1) is 6.54. The van der Waals surface area contributed by atoms with Gasteiger partial charge in [-0.05, 0) is 6.92 Å². The van der Waals surface area contributed by atoms with Crippen LogP contribution in [0.25, 0.3) is 0 Å². The predicted octanol–water partition coefficient (Wildman–Crippen LogP) is -1.74. The summed E-state index contributed by atoms with van der Waals surface area (Å²) in [5, 5.41) is 0. The van der Waals surface area contributed by atoms with E-state index in [1.807, 2.05) is 5.43 Å². The van der Waals surface area contributed by atoms with Gasteiger partial charge in [0.1, 0.15) is 6.54 Å². The van der Waals surface area contributed by atoms with Crippen LogP contribution in [-0.4, -0.2) is 15.5 Å². The molecule has 0 atom stereocenters. The molecule has 0 saturated heterocycles. The summed E-state index contributed by atoms with van der Waals surface area (Å²) in [7, 11) is 0. The molecule has 1 aromatic rings. The van der Waals surface area contributed by atoms with E-state index in [1.165, 1.54) is 13.1 Å². The molecule has 0 aromatic carbocycles. The van der Waals surface area contributed by atoms with Crippen molar-refractivity contribution in [1.82, 2.24) is 15.0 Å². The molecular formula is C7H11ClN4O3. The zero-order valence-corrected chi connectivity index (χ0v) is 8.76. The van der Waals surface area contributed by atoms with E-state index in [9.17, 15) is 14.4 Å². The highest BCUT2D eigenvalue weighted by Gasteiger charge is 2.04. The summed E-state index contributed by atoms with van der Waals surface area (Å²) < 4.78 is 1.07. The Balaban J connectivity index is 0.00000196. The van der Waals surface area contributed by atoms with Gasteiger partial charge in [0.2, 0.25) is 0 Å². The van der Waals surface area contributed by atoms with Gasteiger partial charge in [-0.25, -0.2) is 10.6 Å². The molecule has 0 bridgehead atoms. The number of hydrogen-bond acceptors (Lipinski definition) is 4. The first-order valence-electron chi connectivity index (χ1n) is 3.84. The standard InChI is InChI=1S/C7H10N4O3.ClH/c1-4-2-11(3-5(12)10-8)7(14)9-6(4)13;/h2H,3,8H2,1H3,(H,10,12)(H,9,13,14);1H. The van der Waals surface area contributed by atoms with E-state index < -0.39 is 17.2 Å². The average Bonchev–Trinajstić information content (AvgIpc) is 2.14. The Kier molecular flexibility index (Phi) is 4.75. The van der Waals surface area contributed by atoms with Crippen LogP contribution >= 0.6 is 12.4 Å². The summed E-state index contributed by atoms with van der Waals surface area (Å²) in [5.41, 5.74) is 1.15. The Labute approximate surface area is 90.7 Å². The number of hydrogen-bond donors (Lipinski definition) is 3. The summed E-state index contributed by atoms with van der Waals surface area (Å²) in [6.45, 7) is 1.32. The summed E-state index contributed by atoms with van der Waals surface area (Å²) in [6, 6.07) is 0. The number of halogens is 1. The van der Waals surface area contributed by atoms with Crippen molar-refractivity contribution in [2.24, 2.45) is 5.84 Å². The molecule has 1 aromatic heterocycles. The van der Waals surface area contributed by atoms with Crippen molar-refractivity contribution in [3.63, 3.8) is 0 Å². The van der Waals surface area contributed by atoms with Crippen molar-refractivity contribution in [3.8, 4) is 0 Å². The van der Waals surface area contributed by atoms with E-state index in [0.717, 1.165) is 4.57 Å². The summed E-state index contributed by atoms with van der Waals surface area (Å²) in [5.74, 6) is 4.34. The van der Waals surface area contributed by atoms with Gasteiger partial charge in [0.15, 0.2) is 0 Å². The Morgan fingerprint density at radius 2 is 2.20 bits per heavy atom. The fourth-order valence-corrected chi connectivity index (χ4v) is 0.936. The lowest BCUT2D eigenvalue weighted by molar-refractivity contribution is -0.121. The molecular weight excluding hydrogens is 224 g/mol. The Bertz CT molecular complexity index is 464. The second kappa shape index (κ2) is 5.32. The zero-order valence-electron chi connectivity index (χ0n) is 7.94. The highest BCUT2D eigenvalue weighted by Crippen LogP contribution is 1.83. The van der Waals surface area contributed by atoms with Gasteiger partial charge < -0.3 is 0 Å². The van der Waals surface area contributed by atoms with Crippen LogP contribution in [0.1, 0.15) is 5.56 Å². The van der Waals surface area contributed by atoms with Crippen molar-refractivity contribution >= 4 is 18.3 Å². The number of amides is 1.